The minimum atomic E-state index is -4.59. The van der Waals surface area contributed by atoms with E-state index < -0.39 is 43.4 Å². The molecule has 11 heteroatoms. The molecule has 1 aromatic rings. The van der Waals surface area contributed by atoms with Crippen LogP contribution in [0.4, 0.5) is 32.0 Å². The van der Waals surface area contributed by atoms with Crippen LogP contribution in [0.5, 0.6) is 0 Å². The van der Waals surface area contributed by atoms with E-state index in [0.717, 1.165) is 13.0 Å². The molecule has 25 heavy (non-hydrogen) atoms. The SMILES string of the molecule is CC(OCC(F)(F)F)C(=O)Nc1cccc(C(=O)NCC(F)(F)F)c1. The van der Waals surface area contributed by atoms with Crippen LogP contribution in [-0.2, 0) is 9.53 Å². The number of carbonyl (C=O) groups excluding carboxylic acids is 2. The van der Waals surface area contributed by atoms with Gasteiger partial charge >= 0.3 is 12.4 Å². The van der Waals surface area contributed by atoms with Gasteiger partial charge in [-0.25, -0.2) is 0 Å². The third-order valence-corrected chi connectivity index (χ3v) is 2.71. The number of anilines is 1. The van der Waals surface area contributed by atoms with Gasteiger partial charge in [0.05, 0.1) is 0 Å². The van der Waals surface area contributed by atoms with E-state index >= 15 is 0 Å². The van der Waals surface area contributed by atoms with E-state index in [4.69, 9.17) is 0 Å². The van der Waals surface area contributed by atoms with E-state index in [2.05, 4.69) is 10.1 Å². The molecule has 5 nitrogen and oxygen atoms in total. The molecule has 0 saturated heterocycles. The van der Waals surface area contributed by atoms with E-state index in [9.17, 15) is 35.9 Å². The van der Waals surface area contributed by atoms with Crippen LogP contribution >= 0.6 is 0 Å². The number of hydrogen-bond acceptors (Lipinski definition) is 3. The van der Waals surface area contributed by atoms with E-state index in [1.165, 1.54) is 18.2 Å². The first-order valence-corrected chi connectivity index (χ1v) is 6.81. The molecule has 0 fully saturated rings. The first kappa shape index (κ1) is 20.7. The number of benzene rings is 1. The fraction of sp³-hybridized carbons (Fsp3) is 0.429. The molecule has 0 aliphatic rings. The monoisotopic (exact) mass is 372 g/mol. The number of rotatable bonds is 6. The minimum Gasteiger partial charge on any atom is -0.359 e. The van der Waals surface area contributed by atoms with Crippen LogP contribution < -0.4 is 10.6 Å². The zero-order valence-electron chi connectivity index (χ0n) is 12.8. The van der Waals surface area contributed by atoms with Gasteiger partial charge in [-0.3, -0.25) is 9.59 Å². The normalized spacial score (nSPS) is 13.2. The van der Waals surface area contributed by atoms with Crippen LogP contribution in [-0.4, -0.2) is 43.4 Å². The van der Waals surface area contributed by atoms with Crippen LogP contribution in [0.1, 0.15) is 17.3 Å². The van der Waals surface area contributed by atoms with E-state index in [1.807, 2.05) is 0 Å². The maximum absolute atomic E-state index is 12.1. The Morgan fingerprint density at radius 2 is 1.76 bits per heavy atom. The Morgan fingerprint density at radius 1 is 1.12 bits per heavy atom. The quantitative estimate of drug-likeness (QED) is 0.755. The molecule has 0 radical (unpaired) electrons. The average Bonchev–Trinajstić information content (AvgIpc) is 2.49. The van der Waals surface area contributed by atoms with Crippen LogP contribution in [0.25, 0.3) is 0 Å². The summed E-state index contributed by atoms with van der Waals surface area (Å²) in [5.41, 5.74) is -0.141. The number of carbonyl (C=O) groups is 2. The number of alkyl halides is 6. The summed E-state index contributed by atoms with van der Waals surface area (Å²) in [4.78, 5) is 23.3. The third-order valence-electron chi connectivity index (χ3n) is 2.71. The first-order valence-electron chi connectivity index (χ1n) is 6.81. The number of halogens is 6. The lowest BCUT2D eigenvalue weighted by molar-refractivity contribution is -0.184. The Hall–Kier alpha value is -2.30. The molecular weight excluding hydrogens is 358 g/mol. The number of hydrogen-bond donors (Lipinski definition) is 2. The van der Waals surface area contributed by atoms with Crippen molar-refractivity contribution in [3.05, 3.63) is 29.8 Å². The first-order chi connectivity index (χ1) is 11.4. The highest BCUT2D eigenvalue weighted by molar-refractivity contribution is 5.98. The Bertz CT molecular complexity index is 615. The zero-order valence-corrected chi connectivity index (χ0v) is 12.8. The van der Waals surface area contributed by atoms with Gasteiger partial charge in [-0.05, 0) is 25.1 Å². The van der Waals surface area contributed by atoms with Crippen molar-refractivity contribution < 1.29 is 40.7 Å². The lowest BCUT2D eigenvalue weighted by Crippen LogP contribution is -2.34. The highest BCUT2D eigenvalue weighted by Crippen LogP contribution is 2.17. The molecule has 140 valence electrons. The predicted molar refractivity (Wildman–Crippen MR) is 74.9 cm³/mol. The molecule has 1 unspecified atom stereocenters. The average molecular weight is 372 g/mol. The van der Waals surface area contributed by atoms with Gasteiger partial charge in [0.2, 0.25) is 0 Å². The maximum atomic E-state index is 12.1. The number of ether oxygens (including phenoxy) is 1. The molecule has 0 aliphatic heterocycles. The van der Waals surface area contributed by atoms with Gasteiger partial charge in [-0.15, -0.1) is 0 Å². The molecule has 0 spiro atoms. The van der Waals surface area contributed by atoms with Gasteiger partial charge in [0.1, 0.15) is 19.3 Å². The van der Waals surface area contributed by atoms with Gasteiger partial charge in [0.15, 0.2) is 0 Å². The van der Waals surface area contributed by atoms with Crippen molar-refractivity contribution in [3.8, 4) is 0 Å². The van der Waals surface area contributed by atoms with Crippen molar-refractivity contribution in [3.63, 3.8) is 0 Å². The maximum Gasteiger partial charge on any atom is 0.411 e. The molecule has 0 aromatic heterocycles. The minimum absolute atomic E-state index is 0.0205. The predicted octanol–water partition coefficient (Wildman–Crippen LogP) is 2.88. The summed E-state index contributed by atoms with van der Waals surface area (Å²) in [6.07, 6.45) is -10.6. The molecule has 1 atom stereocenters. The molecular formula is C14H14F6N2O3. The van der Waals surface area contributed by atoms with Crippen LogP contribution in [0.15, 0.2) is 24.3 Å². The Morgan fingerprint density at radius 3 is 2.32 bits per heavy atom. The van der Waals surface area contributed by atoms with Gasteiger partial charge in [0.25, 0.3) is 11.8 Å². The summed E-state index contributed by atoms with van der Waals surface area (Å²) in [5.74, 6) is -1.92. The van der Waals surface area contributed by atoms with Gasteiger partial charge in [-0.1, -0.05) is 6.07 Å². The fourth-order valence-corrected chi connectivity index (χ4v) is 1.56. The van der Waals surface area contributed by atoms with Crippen molar-refractivity contribution in [2.45, 2.75) is 25.4 Å². The fourth-order valence-electron chi connectivity index (χ4n) is 1.56. The smallest absolute Gasteiger partial charge is 0.359 e. The Labute approximate surface area is 138 Å². The molecule has 0 heterocycles. The zero-order chi connectivity index (χ0) is 19.3. The largest absolute Gasteiger partial charge is 0.411 e. The third kappa shape index (κ3) is 8.38. The van der Waals surface area contributed by atoms with Gasteiger partial charge < -0.3 is 15.4 Å². The van der Waals surface area contributed by atoms with Crippen molar-refractivity contribution in [2.24, 2.45) is 0 Å². The van der Waals surface area contributed by atoms with Crippen LogP contribution in [0, 0.1) is 0 Å². The highest BCUT2D eigenvalue weighted by Gasteiger charge is 2.30. The molecule has 0 aliphatic carbocycles. The van der Waals surface area contributed by atoms with Crippen molar-refractivity contribution in [1.29, 1.82) is 0 Å². The standard InChI is InChI=1S/C14H14F6N2O3/c1-8(25-7-14(18,19)20)11(23)22-10-4-2-3-9(5-10)12(24)21-6-13(15,16)17/h2-5,8H,6-7H2,1H3,(H,21,24)(H,22,23). The molecule has 2 N–H and O–H groups in total. The van der Waals surface area contributed by atoms with E-state index in [1.54, 1.807) is 5.32 Å². The summed E-state index contributed by atoms with van der Waals surface area (Å²) in [6.45, 7) is -2.03. The summed E-state index contributed by atoms with van der Waals surface area (Å²) in [6, 6.07) is 4.90. The summed E-state index contributed by atoms with van der Waals surface area (Å²) in [7, 11) is 0. The van der Waals surface area contributed by atoms with Gasteiger partial charge in [-0.2, -0.15) is 26.3 Å². The lowest BCUT2D eigenvalue weighted by Gasteiger charge is -2.15. The summed E-state index contributed by atoms with van der Waals surface area (Å²) >= 11 is 0. The summed E-state index contributed by atoms with van der Waals surface area (Å²) in [5, 5.41) is 3.86. The van der Waals surface area contributed by atoms with Crippen LogP contribution in [0.3, 0.4) is 0 Å². The van der Waals surface area contributed by atoms with E-state index in [0.29, 0.717) is 0 Å². The van der Waals surface area contributed by atoms with Crippen molar-refractivity contribution in [1.82, 2.24) is 5.32 Å². The number of amides is 2. The van der Waals surface area contributed by atoms with Gasteiger partial charge in [0, 0.05) is 11.3 Å². The van der Waals surface area contributed by atoms with E-state index in [-0.39, 0.29) is 11.3 Å². The van der Waals surface area contributed by atoms with Crippen LogP contribution in [0.2, 0.25) is 0 Å². The number of nitrogens with one attached hydrogen (secondary N) is 2. The van der Waals surface area contributed by atoms with Crippen molar-refractivity contribution in [2.75, 3.05) is 18.5 Å². The van der Waals surface area contributed by atoms with Crippen molar-refractivity contribution >= 4 is 17.5 Å². The molecule has 0 saturated carbocycles. The lowest BCUT2D eigenvalue weighted by atomic mass is 10.2. The highest BCUT2D eigenvalue weighted by atomic mass is 19.4. The molecule has 0 bridgehead atoms. The molecule has 1 rings (SSSR count). The second-order valence-corrected chi connectivity index (χ2v) is 4.94. The molecule has 2 amide bonds. The second-order valence-electron chi connectivity index (χ2n) is 4.94. The molecule has 1 aromatic carbocycles. The Balaban J connectivity index is 2.65. The Kier molecular flexibility index (Phi) is 6.79. The summed E-state index contributed by atoms with van der Waals surface area (Å²) < 4.78 is 76.6. The second kappa shape index (κ2) is 8.19. The topological polar surface area (TPSA) is 67.4 Å².